The van der Waals surface area contributed by atoms with Crippen LogP contribution in [0.15, 0.2) is 11.1 Å². The van der Waals surface area contributed by atoms with E-state index in [2.05, 4.69) is 42.0 Å². The van der Waals surface area contributed by atoms with E-state index >= 15 is 0 Å². The van der Waals surface area contributed by atoms with Gasteiger partial charge >= 0.3 is 6.15 Å². The number of rotatable bonds is 9. The van der Waals surface area contributed by atoms with Crippen LogP contribution >= 0.6 is 15.9 Å². The Hall–Kier alpha value is -1.01. The summed E-state index contributed by atoms with van der Waals surface area (Å²) in [5.74, 6) is -0.128. The molecule has 0 heterocycles. The normalized spacial score (nSPS) is 10.7. The second kappa shape index (κ2) is 15.4. The van der Waals surface area contributed by atoms with Crippen LogP contribution in [0.5, 0.6) is 0 Å². The van der Waals surface area contributed by atoms with Crippen molar-refractivity contribution in [3.05, 3.63) is 11.1 Å². The molecule has 0 aliphatic heterocycles. The molecule has 7 heteroatoms. The second-order valence-electron chi connectivity index (χ2n) is 5.20. The molecule has 0 aromatic heterocycles. The van der Waals surface area contributed by atoms with Crippen molar-refractivity contribution in [3.8, 4) is 0 Å². The van der Waals surface area contributed by atoms with E-state index in [1.54, 1.807) is 0 Å². The smallest absolute Gasteiger partial charge is 0.373 e. The third-order valence-electron chi connectivity index (χ3n) is 2.13. The molecular weight excluding hydrogens is 342 g/mol. The lowest BCUT2D eigenvalue weighted by molar-refractivity contribution is -0.191. The Morgan fingerprint density at radius 1 is 1.14 bits per heavy atom. The van der Waals surface area contributed by atoms with Gasteiger partial charge in [-0.3, -0.25) is 4.79 Å². The molecule has 0 atom stereocenters. The van der Waals surface area contributed by atoms with Crippen LogP contribution in [-0.2, 0) is 23.9 Å². The maximum Gasteiger partial charge on any atom is 0.373 e. The standard InChI is InChI=1S/C13H24BrNO3.CO2/c1-13(2,3)5-8-17-10-11-18-9-7-15-12(16)4-6-14;2-1-3/h4,6H,5,7-11H2,1-3H3,(H,15,16);/b6-4+;. The molecule has 1 N–H and O–H groups in total. The summed E-state index contributed by atoms with van der Waals surface area (Å²) >= 11 is 3.03. The van der Waals surface area contributed by atoms with Crippen molar-refractivity contribution in [2.45, 2.75) is 27.2 Å². The highest BCUT2D eigenvalue weighted by molar-refractivity contribution is 9.11. The fraction of sp³-hybridized carbons (Fsp3) is 0.714. The molecule has 6 nitrogen and oxygen atoms in total. The number of hydrogen-bond donors (Lipinski definition) is 1. The first kappa shape index (κ1) is 22.3. The predicted molar refractivity (Wildman–Crippen MR) is 81.8 cm³/mol. The summed E-state index contributed by atoms with van der Waals surface area (Å²) in [6.07, 6.45) is 2.71. The van der Waals surface area contributed by atoms with Crippen LogP contribution in [0, 0.1) is 5.41 Å². The SMILES string of the molecule is CC(C)(C)CCOCCOCCNC(=O)/C=C/Br.O=C=O. The Balaban J connectivity index is 0. The number of ether oxygens (including phenoxy) is 2. The summed E-state index contributed by atoms with van der Waals surface area (Å²) in [5.41, 5.74) is 0.314. The summed E-state index contributed by atoms with van der Waals surface area (Å²) < 4.78 is 10.8. The zero-order chi connectivity index (χ0) is 16.6. The number of halogens is 1. The lowest BCUT2D eigenvalue weighted by Crippen LogP contribution is -2.25. The van der Waals surface area contributed by atoms with E-state index in [0.29, 0.717) is 31.8 Å². The van der Waals surface area contributed by atoms with Gasteiger partial charge < -0.3 is 14.8 Å². The summed E-state index contributed by atoms with van der Waals surface area (Å²) in [4.78, 5) is 28.8. The van der Waals surface area contributed by atoms with Crippen molar-refractivity contribution in [1.82, 2.24) is 5.32 Å². The maximum absolute atomic E-state index is 11.0. The minimum Gasteiger partial charge on any atom is -0.379 e. The third-order valence-corrected chi connectivity index (χ3v) is 2.39. The molecule has 0 bridgehead atoms. The van der Waals surface area contributed by atoms with Gasteiger partial charge in [0.1, 0.15) is 0 Å². The van der Waals surface area contributed by atoms with E-state index in [1.807, 2.05) is 0 Å². The van der Waals surface area contributed by atoms with E-state index in [0.717, 1.165) is 13.0 Å². The molecule has 0 rings (SSSR count). The number of nitrogens with one attached hydrogen (secondary N) is 1. The van der Waals surface area contributed by atoms with Crippen molar-refractivity contribution >= 4 is 28.0 Å². The molecule has 0 aliphatic rings. The topological polar surface area (TPSA) is 81.7 Å². The lowest BCUT2D eigenvalue weighted by Gasteiger charge is -2.17. The highest BCUT2D eigenvalue weighted by Crippen LogP contribution is 2.17. The van der Waals surface area contributed by atoms with Gasteiger partial charge in [-0.1, -0.05) is 36.7 Å². The van der Waals surface area contributed by atoms with E-state index in [1.165, 1.54) is 11.1 Å². The summed E-state index contributed by atoms with van der Waals surface area (Å²) in [6, 6.07) is 0. The Kier molecular flexibility index (Phi) is 16.3. The minimum absolute atomic E-state index is 0.128. The van der Waals surface area contributed by atoms with Crippen molar-refractivity contribution in [2.24, 2.45) is 5.41 Å². The number of carbonyl (C=O) groups excluding carboxylic acids is 3. The molecule has 0 radical (unpaired) electrons. The van der Waals surface area contributed by atoms with Crippen molar-refractivity contribution in [1.29, 1.82) is 0 Å². The zero-order valence-electron chi connectivity index (χ0n) is 12.8. The number of amides is 1. The van der Waals surface area contributed by atoms with Gasteiger partial charge in [-0.15, -0.1) is 0 Å². The molecule has 0 saturated carbocycles. The van der Waals surface area contributed by atoms with E-state index in [4.69, 9.17) is 19.1 Å². The van der Waals surface area contributed by atoms with Gasteiger partial charge in [-0.2, -0.15) is 9.59 Å². The molecule has 0 aliphatic carbocycles. The minimum atomic E-state index is -0.128. The average molecular weight is 366 g/mol. The molecule has 0 aromatic rings. The van der Waals surface area contributed by atoms with Crippen molar-refractivity contribution < 1.29 is 23.9 Å². The largest absolute Gasteiger partial charge is 0.379 e. The molecule has 122 valence electrons. The summed E-state index contributed by atoms with van der Waals surface area (Å²) in [6.45, 7) is 9.52. The van der Waals surface area contributed by atoms with Gasteiger partial charge in [-0.25, -0.2) is 0 Å². The van der Waals surface area contributed by atoms with Crippen molar-refractivity contribution in [2.75, 3.05) is 33.0 Å². The quantitative estimate of drug-likeness (QED) is 0.498. The van der Waals surface area contributed by atoms with E-state index in [9.17, 15) is 4.79 Å². The average Bonchev–Trinajstić information content (AvgIpc) is 2.37. The van der Waals surface area contributed by atoms with E-state index < -0.39 is 0 Å². The molecule has 0 spiro atoms. The molecular formula is C14H24BrNO5. The van der Waals surface area contributed by atoms with Crippen LogP contribution in [0.2, 0.25) is 0 Å². The summed E-state index contributed by atoms with van der Waals surface area (Å²) in [7, 11) is 0. The van der Waals surface area contributed by atoms with Crippen LogP contribution in [0.3, 0.4) is 0 Å². The fourth-order valence-electron chi connectivity index (χ4n) is 1.06. The molecule has 0 fully saturated rings. The van der Waals surface area contributed by atoms with Crippen LogP contribution in [-0.4, -0.2) is 45.0 Å². The Morgan fingerprint density at radius 3 is 2.14 bits per heavy atom. The third kappa shape index (κ3) is 24.4. The highest BCUT2D eigenvalue weighted by atomic mass is 79.9. The monoisotopic (exact) mass is 365 g/mol. The fourth-order valence-corrected chi connectivity index (χ4v) is 1.30. The van der Waals surface area contributed by atoms with Gasteiger partial charge in [-0.05, 0) is 16.8 Å². The van der Waals surface area contributed by atoms with Crippen LogP contribution in [0.1, 0.15) is 27.2 Å². The first-order valence-electron chi connectivity index (χ1n) is 6.56. The highest BCUT2D eigenvalue weighted by Gasteiger charge is 2.08. The number of hydrogen-bond acceptors (Lipinski definition) is 5. The van der Waals surface area contributed by atoms with Gasteiger partial charge in [0.15, 0.2) is 0 Å². The molecule has 21 heavy (non-hydrogen) atoms. The number of carbonyl (C=O) groups is 1. The van der Waals surface area contributed by atoms with Gasteiger partial charge in [0, 0.05) is 19.2 Å². The van der Waals surface area contributed by atoms with Gasteiger partial charge in [0.05, 0.1) is 19.8 Å². The van der Waals surface area contributed by atoms with Gasteiger partial charge in [0.2, 0.25) is 5.91 Å². The Labute approximate surface area is 134 Å². The Morgan fingerprint density at radius 2 is 1.67 bits per heavy atom. The first-order valence-corrected chi connectivity index (χ1v) is 7.48. The van der Waals surface area contributed by atoms with Gasteiger partial charge in [0.25, 0.3) is 0 Å². The van der Waals surface area contributed by atoms with E-state index in [-0.39, 0.29) is 12.1 Å². The Bertz CT molecular complexity index is 320. The van der Waals surface area contributed by atoms with Crippen LogP contribution in [0.4, 0.5) is 0 Å². The molecule has 0 unspecified atom stereocenters. The van der Waals surface area contributed by atoms with Crippen molar-refractivity contribution in [3.63, 3.8) is 0 Å². The summed E-state index contributed by atoms with van der Waals surface area (Å²) in [5, 5.41) is 2.68. The lowest BCUT2D eigenvalue weighted by atomic mass is 9.93. The van der Waals surface area contributed by atoms with Crippen LogP contribution < -0.4 is 5.32 Å². The maximum atomic E-state index is 11.0. The second-order valence-corrected chi connectivity index (χ2v) is 5.73. The molecule has 0 saturated heterocycles. The zero-order valence-corrected chi connectivity index (χ0v) is 14.4. The first-order chi connectivity index (χ1) is 9.87. The molecule has 0 aromatic carbocycles. The predicted octanol–water partition coefficient (Wildman–Crippen LogP) is 1.90. The van der Waals surface area contributed by atoms with Crippen LogP contribution in [0.25, 0.3) is 0 Å². The molecule has 1 amide bonds.